The zero-order valence-corrected chi connectivity index (χ0v) is 14.7. The van der Waals surface area contributed by atoms with Gasteiger partial charge in [-0.25, -0.2) is 0 Å². The molecule has 0 bridgehead atoms. The molecule has 2 atom stereocenters. The van der Waals surface area contributed by atoms with Crippen molar-refractivity contribution in [1.29, 1.82) is 0 Å². The van der Waals surface area contributed by atoms with E-state index in [4.69, 9.17) is 4.74 Å². The number of nitrogens with zero attached hydrogens (tertiary/aromatic N) is 1. The maximum absolute atomic E-state index is 11.4. The lowest BCUT2D eigenvalue weighted by Gasteiger charge is -2.37. The highest BCUT2D eigenvalue weighted by atomic mass is 32.1. The molecule has 1 aliphatic rings. The van der Waals surface area contributed by atoms with Crippen molar-refractivity contribution in [3.63, 3.8) is 0 Å². The van der Waals surface area contributed by atoms with Crippen LogP contribution in [0.15, 0.2) is 41.1 Å². The van der Waals surface area contributed by atoms with Crippen LogP contribution in [0.1, 0.15) is 36.9 Å². The smallest absolute Gasteiger partial charge is 0.307 e. The first-order valence-corrected chi connectivity index (χ1v) is 9.35. The van der Waals surface area contributed by atoms with Crippen molar-refractivity contribution in [2.75, 3.05) is 19.7 Å². The van der Waals surface area contributed by atoms with Crippen molar-refractivity contribution >= 4 is 17.3 Å². The van der Waals surface area contributed by atoms with Crippen LogP contribution in [0.4, 0.5) is 0 Å². The molecule has 1 aromatic heterocycles. The van der Waals surface area contributed by atoms with Gasteiger partial charge in [0, 0.05) is 6.54 Å². The topological polar surface area (TPSA) is 49.8 Å². The molecule has 2 unspecified atom stereocenters. The average Bonchev–Trinajstić information content (AvgIpc) is 3.10. The molecular weight excluding hydrogens is 322 g/mol. The van der Waals surface area contributed by atoms with Gasteiger partial charge in [-0.05, 0) is 66.4 Å². The number of hydrogen-bond donors (Lipinski definition) is 1. The maximum atomic E-state index is 11.4. The van der Waals surface area contributed by atoms with Crippen molar-refractivity contribution < 1.29 is 14.6 Å². The van der Waals surface area contributed by atoms with Crippen LogP contribution in [-0.4, -0.2) is 35.7 Å². The summed E-state index contributed by atoms with van der Waals surface area (Å²) in [6.45, 7) is 4.13. The van der Waals surface area contributed by atoms with Crippen LogP contribution in [0.25, 0.3) is 0 Å². The second-order valence-corrected chi connectivity index (χ2v) is 6.92. The number of ether oxygens (including phenoxy) is 1. The maximum Gasteiger partial charge on any atom is 0.307 e. The van der Waals surface area contributed by atoms with Crippen LogP contribution in [0, 0.1) is 5.92 Å². The van der Waals surface area contributed by atoms with Crippen molar-refractivity contribution in [2.24, 2.45) is 5.92 Å². The van der Waals surface area contributed by atoms with Gasteiger partial charge in [0.15, 0.2) is 0 Å². The normalized spacial score (nSPS) is 19.8. The number of carbonyl (C=O) groups is 1. The molecule has 1 N–H and O–H groups in total. The number of hydrogen-bond acceptors (Lipinski definition) is 4. The third-order valence-electron chi connectivity index (χ3n) is 4.51. The van der Waals surface area contributed by atoms with Gasteiger partial charge in [-0.2, -0.15) is 11.3 Å². The molecule has 0 spiro atoms. The molecule has 0 radical (unpaired) electrons. The van der Waals surface area contributed by atoms with E-state index in [2.05, 4.69) is 33.9 Å². The van der Waals surface area contributed by atoms with E-state index in [0.717, 1.165) is 30.7 Å². The summed E-state index contributed by atoms with van der Waals surface area (Å²) in [5.74, 6) is -0.108. The van der Waals surface area contributed by atoms with Crippen LogP contribution >= 0.6 is 11.3 Å². The molecule has 1 fully saturated rings. The molecule has 1 saturated heterocycles. The predicted octanol–water partition coefficient (Wildman–Crippen LogP) is 4.03. The van der Waals surface area contributed by atoms with Gasteiger partial charge in [0.25, 0.3) is 0 Å². The number of rotatable bonds is 6. The monoisotopic (exact) mass is 345 g/mol. The number of benzene rings is 1. The molecule has 3 rings (SSSR count). The first-order chi connectivity index (χ1) is 11.7. The van der Waals surface area contributed by atoms with Crippen LogP contribution in [0.2, 0.25) is 0 Å². The zero-order valence-electron chi connectivity index (χ0n) is 13.9. The van der Waals surface area contributed by atoms with E-state index in [9.17, 15) is 9.90 Å². The minimum Gasteiger partial charge on any atom is -0.494 e. The SMILES string of the molecule is CCOc1cccc(C(c2ccsc2)N2CCCC(C(=O)O)C2)c1. The number of carboxylic acid groups (broad SMARTS) is 1. The number of likely N-dealkylation sites (tertiary alicyclic amines) is 1. The molecule has 2 aromatic rings. The molecule has 4 nitrogen and oxygen atoms in total. The highest BCUT2D eigenvalue weighted by molar-refractivity contribution is 7.08. The van der Waals surface area contributed by atoms with Crippen LogP contribution in [0.3, 0.4) is 0 Å². The van der Waals surface area contributed by atoms with Crippen LogP contribution < -0.4 is 4.74 Å². The van der Waals surface area contributed by atoms with E-state index in [1.54, 1.807) is 11.3 Å². The highest BCUT2D eigenvalue weighted by Crippen LogP contribution is 2.35. The third-order valence-corrected chi connectivity index (χ3v) is 5.21. The van der Waals surface area contributed by atoms with Gasteiger partial charge in [0.2, 0.25) is 0 Å². The molecule has 0 aliphatic carbocycles. The lowest BCUT2D eigenvalue weighted by molar-refractivity contribution is -0.143. The molecule has 24 heavy (non-hydrogen) atoms. The van der Waals surface area contributed by atoms with E-state index in [1.165, 1.54) is 5.56 Å². The first-order valence-electron chi connectivity index (χ1n) is 8.40. The van der Waals surface area contributed by atoms with Gasteiger partial charge in [0.1, 0.15) is 5.75 Å². The van der Waals surface area contributed by atoms with Gasteiger partial charge in [-0.1, -0.05) is 12.1 Å². The Morgan fingerprint density at radius 1 is 1.42 bits per heavy atom. The summed E-state index contributed by atoms with van der Waals surface area (Å²) in [5.41, 5.74) is 2.38. The fraction of sp³-hybridized carbons (Fsp3) is 0.421. The second kappa shape index (κ2) is 7.81. The van der Waals surface area contributed by atoms with Gasteiger partial charge in [-0.15, -0.1) is 0 Å². The molecule has 1 aliphatic heterocycles. The first kappa shape index (κ1) is 17.0. The number of aliphatic carboxylic acids is 1. The highest BCUT2D eigenvalue weighted by Gasteiger charge is 2.31. The summed E-state index contributed by atoms with van der Waals surface area (Å²) in [7, 11) is 0. The van der Waals surface area contributed by atoms with E-state index >= 15 is 0 Å². The second-order valence-electron chi connectivity index (χ2n) is 6.14. The van der Waals surface area contributed by atoms with E-state index < -0.39 is 5.97 Å². The van der Waals surface area contributed by atoms with Crippen molar-refractivity contribution in [3.8, 4) is 5.75 Å². The predicted molar refractivity (Wildman–Crippen MR) is 95.7 cm³/mol. The van der Waals surface area contributed by atoms with Crippen LogP contribution in [0.5, 0.6) is 5.75 Å². The summed E-state index contributed by atoms with van der Waals surface area (Å²) < 4.78 is 5.65. The van der Waals surface area contributed by atoms with Gasteiger partial charge in [-0.3, -0.25) is 9.69 Å². The third kappa shape index (κ3) is 3.79. The Morgan fingerprint density at radius 2 is 2.29 bits per heavy atom. The fourth-order valence-electron chi connectivity index (χ4n) is 3.43. The molecule has 0 saturated carbocycles. The molecule has 2 heterocycles. The lowest BCUT2D eigenvalue weighted by Crippen LogP contribution is -2.41. The summed E-state index contributed by atoms with van der Waals surface area (Å²) >= 11 is 1.67. The quantitative estimate of drug-likeness (QED) is 0.859. The van der Waals surface area contributed by atoms with Crippen LogP contribution in [-0.2, 0) is 4.79 Å². The van der Waals surface area contributed by atoms with E-state index in [-0.39, 0.29) is 12.0 Å². The largest absolute Gasteiger partial charge is 0.494 e. The van der Waals surface area contributed by atoms with Gasteiger partial charge < -0.3 is 9.84 Å². The number of thiophene rings is 1. The molecule has 128 valence electrons. The fourth-order valence-corrected chi connectivity index (χ4v) is 4.11. The minimum atomic E-state index is -0.688. The summed E-state index contributed by atoms with van der Waals surface area (Å²) in [4.78, 5) is 13.7. The molecule has 1 aromatic carbocycles. The Kier molecular flexibility index (Phi) is 5.53. The molecule has 0 amide bonds. The summed E-state index contributed by atoms with van der Waals surface area (Å²) in [6.07, 6.45) is 1.68. The summed E-state index contributed by atoms with van der Waals surface area (Å²) in [6, 6.07) is 10.4. The van der Waals surface area contributed by atoms with Gasteiger partial charge >= 0.3 is 5.97 Å². The molecular formula is C19H23NO3S. The number of piperidine rings is 1. The standard InChI is InChI=1S/C19H23NO3S/c1-2-23-17-7-3-5-14(11-17)18(16-8-10-24-13-16)20-9-4-6-15(12-20)19(21)22/h3,5,7-8,10-11,13,15,18H,2,4,6,9,12H2,1H3,(H,21,22). The average molecular weight is 345 g/mol. The molecule has 5 heteroatoms. The van der Waals surface area contributed by atoms with E-state index in [1.807, 2.05) is 19.1 Å². The van der Waals surface area contributed by atoms with E-state index in [0.29, 0.717) is 13.2 Å². The van der Waals surface area contributed by atoms with Crippen molar-refractivity contribution in [1.82, 2.24) is 4.90 Å². The Balaban J connectivity index is 1.92. The zero-order chi connectivity index (χ0) is 16.9. The minimum absolute atomic E-state index is 0.0822. The van der Waals surface area contributed by atoms with Gasteiger partial charge in [0.05, 0.1) is 18.6 Å². The van der Waals surface area contributed by atoms with Crippen molar-refractivity contribution in [3.05, 3.63) is 52.2 Å². The Bertz CT molecular complexity index is 671. The Morgan fingerprint density at radius 3 is 3.00 bits per heavy atom. The lowest BCUT2D eigenvalue weighted by atomic mass is 9.92. The number of carboxylic acids is 1. The summed E-state index contributed by atoms with van der Waals surface area (Å²) in [5, 5.41) is 13.6. The Hall–Kier alpha value is -1.85. The Labute approximate surface area is 146 Å². The van der Waals surface area contributed by atoms with Crippen molar-refractivity contribution in [2.45, 2.75) is 25.8 Å².